The Labute approximate surface area is 164 Å². The highest BCUT2D eigenvalue weighted by atomic mass is 16.6. The zero-order chi connectivity index (χ0) is 20.1. The van der Waals surface area contributed by atoms with Gasteiger partial charge in [0.2, 0.25) is 0 Å². The molecule has 5 heteroatoms. The van der Waals surface area contributed by atoms with Crippen LogP contribution in [0.25, 0.3) is 10.8 Å². The van der Waals surface area contributed by atoms with Crippen molar-refractivity contribution in [3.63, 3.8) is 0 Å². The van der Waals surface area contributed by atoms with E-state index < -0.39 is 11.6 Å². The maximum absolute atomic E-state index is 12.2. The number of pyridine rings is 1. The number of benzene rings is 2. The molecule has 0 radical (unpaired) electrons. The summed E-state index contributed by atoms with van der Waals surface area (Å²) in [5.74, 6) is 0.170. The van der Waals surface area contributed by atoms with E-state index in [1.54, 1.807) is 39.2 Å². The molecule has 2 aromatic carbocycles. The number of rotatable bonds is 6. The fourth-order valence-electron chi connectivity index (χ4n) is 3.09. The Hall–Kier alpha value is -3.39. The van der Waals surface area contributed by atoms with Crippen molar-refractivity contribution in [3.8, 4) is 11.8 Å². The second-order valence-corrected chi connectivity index (χ2v) is 6.92. The van der Waals surface area contributed by atoms with Gasteiger partial charge in [-0.1, -0.05) is 30.3 Å². The summed E-state index contributed by atoms with van der Waals surface area (Å²) in [6, 6.07) is 15.6. The molecule has 0 N–H and O–H groups in total. The Morgan fingerprint density at radius 1 is 1.11 bits per heavy atom. The van der Waals surface area contributed by atoms with Crippen LogP contribution in [-0.2, 0) is 16.0 Å². The highest BCUT2D eigenvalue weighted by Gasteiger charge is 2.32. The Bertz CT molecular complexity index is 1050. The predicted octanol–water partition coefficient (Wildman–Crippen LogP) is 4.42. The highest BCUT2D eigenvalue weighted by Crippen LogP contribution is 2.29. The van der Waals surface area contributed by atoms with Gasteiger partial charge < -0.3 is 9.47 Å². The molecule has 0 bridgehead atoms. The molecule has 0 unspecified atom stereocenters. The maximum Gasteiger partial charge on any atom is 0.349 e. The fraction of sp³-hybridized carbons (Fsp3) is 0.261. The first kappa shape index (κ1) is 19.4. The van der Waals surface area contributed by atoms with Crippen molar-refractivity contribution in [1.82, 2.24) is 4.98 Å². The van der Waals surface area contributed by atoms with Gasteiger partial charge in [-0.25, -0.2) is 4.79 Å². The van der Waals surface area contributed by atoms with Crippen LogP contribution in [0.4, 0.5) is 0 Å². The van der Waals surface area contributed by atoms with Crippen molar-refractivity contribution in [2.75, 3.05) is 6.61 Å². The zero-order valence-corrected chi connectivity index (χ0v) is 16.2. The van der Waals surface area contributed by atoms with E-state index in [0.717, 1.165) is 21.9 Å². The molecule has 1 heterocycles. The largest absolute Gasteiger partial charge is 0.476 e. The minimum Gasteiger partial charge on any atom is -0.476 e. The number of hydrogen-bond donors (Lipinski definition) is 0. The average molecular weight is 374 g/mol. The monoisotopic (exact) mass is 374 g/mol. The SMILES string of the molecule is CCOC(=O)C(C)(C)Oc1ccncc1Cc1ccc(C#N)c2ccccc12. The van der Waals surface area contributed by atoms with E-state index in [1.807, 2.05) is 36.4 Å². The molecular weight excluding hydrogens is 352 g/mol. The van der Waals surface area contributed by atoms with Crippen LogP contribution in [0.3, 0.4) is 0 Å². The molecule has 142 valence electrons. The summed E-state index contributed by atoms with van der Waals surface area (Å²) < 4.78 is 11.1. The van der Waals surface area contributed by atoms with E-state index in [4.69, 9.17) is 9.47 Å². The Morgan fingerprint density at radius 2 is 1.86 bits per heavy atom. The molecular formula is C23H22N2O3. The summed E-state index contributed by atoms with van der Waals surface area (Å²) in [5, 5.41) is 11.3. The number of esters is 1. The Kier molecular flexibility index (Phi) is 5.60. The van der Waals surface area contributed by atoms with Gasteiger partial charge >= 0.3 is 5.97 Å². The number of nitrogens with zero attached hydrogens (tertiary/aromatic N) is 2. The molecule has 1 aromatic heterocycles. The second kappa shape index (κ2) is 8.10. The zero-order valence-electron chi connectivity index (χ0n) is 16.2. The van der Waals surface area contributed by atoms with Crippen LogP contribution in [0.1, 0.15) is 37.5 Å². The van der Waals surface area contributed by atoms with Crippen LogP contribution in [0, 0.1) is 11.3 Å². The lowest BCUT2D eigenvalue weighted by Crippen LogP contribution is -2.40. The van der Waals surface area contributed by atoms with E-state index in [9.17, 15) is 10.1 Å². The van der Waals surface area contributed by atoms with Crippen molar-refractivity contribution in [1.29, 1.82) is 5.26 Å². The third kappa shape index (κ3) is 3.96. The smallest absolute Gasteiger partial charge is 0.349 e. The minimum atomic E-state index is -1.11. The first-order chi connectivity index (χ1) is 13.5. The van der Waals surface area contributed by atoms with E-state index >= 15 is 0 Å². The molecule has 0 amide bonds. The van der Waals surface area contributed by atoms with Crippen LogP contribution < -0.4 is 4.74 Å². The maximum atomic E-state index is 12.2. The molecule has 0 saturated carbocycles. The lowest BCUT2D eigenvalue weighted by Gasteiger charge is -2.25. The Balaban J connectivity index is 1.96. The van der Waals surface area contributed by atoms with Gasteiger partial charge in [0.05, 0.1) is 18.2 Å². The Morgan fingerprint density at radius 3 is 2.57 bits per heavy atom. The summed E-state index contributed by atoms with van der Waals surface area (Å²) >= 11 is 0. The van der Waals surface area contributed by atoms with Crippen LogP contribution >= 0.6 is 0 Å². The number of carbonyl (C=O) groups is 1. The number of fused-ring (bicyclic) bond motifs is 1. The van der Waals surface area contributed by atoms with Gasteiger partial charge in [-0.15, -0.1) is 0 Å². The van der Waals surface area contributed by atoms with Gasteiger partial charge in [-0.05, 0) is 49.2 Å². The molecule has 0 fully saturated rings. The van der Waals surface area contributed by atoms with Gasteiger partial charge in [0, 0.05) is 24.4 Å². The first-order valence-corrected chi connectivity index (χ1v) is 9.16. The standard InChI is InChI=1S/C23H22N2O3/c1-4-27-22(26)23(2,3)28-21-11-12-25-15-18(21)13-16-9-10-17(14-24)20-8-6-5-7-19(16)20/h5-12,15H,4,13H2,1-3H3. The van der Waals surface area contributed by atoms with Gasteiger partial charge in [0.1, 0.15) is 5.75 Å². The number of nitriles is 1. The van der Waals surface area contributed by atoms with Gasteiger partial charge in [0.25, 0.3) is 0 Å². The first-order valence-electron chi connectivity index (χ1n) is 9.16. The van der Waals surface area contributed by atoms with Crippen molar-refractivity contribution in [2.45, 2.75) is 32.8 Å². The molecule has 0 aliphatic rings. The summed E-state index contributed by atoms with van der Waals surface area (Å²) in [5.41, 5.74) is 1.44. The number of hydrogen-bond acceptors (Lipinski definition) is 5. The van der Waals surface area contributed by atoms with Crippen molar-refractivity contribution >= 4 is 16.7 Å². The number of aromatic nitrogens is 1. The van der Waals surface area contributed by atoms with E-state index in [0.29, 0.717) is 24.3 Å². The third-order valence-corrected chi connectivity index (χ3v) is 4.51. The molecule has 0 spiro atoms. The normalized spacial score (nSPS) is 11.1. The average Bonchev–Trinajstić information content (AvgIpc) is 2.69. The molecule has 3 rings (SSSR count). The molecule has 0 saturated heterocycles. The van der Waals surface area contributed by atoms with Crippen LogP contribution in [-0.4, -0.2) is 23.2 Å². The van der Waals surface area contributed by atoms with E-state index in [1.165, 1.54) is 0 Å². The van der Waals surface area contributed by atoms with Gasteiger partial charge in [-0.2, -0.15) is 5.26 Å². The molecule has 28 heavy (non-hydrogen) atoms. The highest BCUT2D eigenvalue weighted by molar-refractivity contribution is 5.90. The molecule has 5 nitrogen and oxygen atoms in total. The van der Waals surface area contributed by atoms with Crippen molar-refractivity contribution in [2.24, 2.45) is 0 Å². The van der Waals surface area contributed by atoms with Gasteiger partial charge in [-0.3, -0.25) is 4.98 Å². The predicted molar refractivity (Wildman–Crippen MR) is 107 cm³/mol. The topological polar surface area (TPSA) is 72.2 Å². The number of ether oxygens (including phenoxy) is 2. The summed E-state index contributed by atoms with van der Waals surface area (Å²) in [6.45, 7) is 5.44. The summed E-state index contributed by atoms with van der Waals surface area (Å²) in [4.78, 5) is 16.4. The summed E-state index contributed by atoms with van der Waals surface area (Å²) in [7, 11) is 0. The molecule has 0 aliphatic heterocycles. The summed E-state index contributed by atoms with van der Waals surface area (Å²) in [6.07, 6.45) is 3.94. The molecule has 0 aliphatic carbocycles. The fourth-order valence-corrected chi connectivity index (χ4v) is 3.09. The lowest BCUT2D eigenvalue weighted by atomic mass is 9.96. The van der Waals surface area contributed by atoms with Crippen molar-refractivity contribution < 1.29 is 14.3 Å². The molecule has 3 aromatic rings. The van der Waals surface area contributed by atoms with Crippen LogP contribution in [0.2, 0.25) is 0 Å². The van der Waals surface area contributed by atoms with Crippen molar-refractivity contribution in [3.05, 3.63) is 71.5 Å². The second-order valence-electron chi connectivity index (χ2n) is 6.92. The number of carbonyl (C=O) groups excluding carboxylic acids is 1. The van der Waals surface area contributed by atoms with E-state index in [2.05, 4.69) is 11.1 Å². The minimum absolute atomic E-state index is 0.298. The molecule has 0 atom stereocenters. The lowest BCUT2D eigenvalue weighted by molar-refractivity contribution is -0.158. The van der Waals surface area contributed by atoms with Gasteiger partial charge in [0.15, 0.2) is 5.60 Å². The van der Waals surface area contributed by atoms with Crippen LogP contribution in [0.5, 0.6) is 5.75 Å². The quantitative estimate of drug-likeness (QED) is 0.597. The van der Waals surface area contributed by atoms with Crippen LogP contribution in [0.15, 0.2) is 54.9 Å². The third-order valence-electron chi connectivity index (χ3n) is 4.51. The van der Waals surface area contributed by atoms with E-state index in [-0.39, 0.29) is 0 Å².